The lowest BCUT2D eigenvalue weighted by atomic mass is 10.2. The second-order valence-corrected chi connectivity index (χ2v) is 9.18. The van der Waals surface area contributed by atoms with E-state index >= 15 is 0 Å². The lowest BCUT2D eigenvalue weighted by Crippen LogP contribution is -2.51. The topological polar surface area (TPSA) is 162 Å². The van der Waals surface area contributed by atoms with E-state index in [2.05, 4.69) is 4.74 Å². The van der Waals surface area contributed by atoms with Crippen molar-refractivity contribution in [3.63, 3.8) is 0 Å². The van der Waals surface area contributed by atoms with Crippen LogP contribution in [0.25, 0.3) is 0 Å². The Morgan fingerprint density at radius 3 is 2.36 bits per heavy atom. The van der Waals surface area contributed by atoms with Gasteiger partial charge < -0.3 is 14.1 Å². The largest absolute Gasteiger partial charge is 0.465 e. The average molecular weight is 482 g/mol. The Labute approximate surface area is 188 Å². The van der Waals surface area contributed by atoms with Gasteiger partial charge in [-0.3, -0.25) is 24.3 Å². The Hall–Kier alpha value is -3.52. The van der Waals surface area contributed by atoms with Crippen LogP contribution in [0.15, 0.2) is 32.4 Å². The van der Waals surface area contributed by atoms with Crippen LogP contribution in [-0.4, -0.2) is 72.3 Å². The van der Waals surface area contributed by atoms with Gasteiger partial charge in [0.2, 0.25) is 15.9 Å². The highest BCUT2D eigenvalue weighted by Crippen LogP contribution is 2.30. The number of pyridine rings is 1. The number of carbonyl (C=O) groups is 2. The van der Waals surface area contributed by atoms with Crippen LogP contribution in [-0.2, 0) is 26.1 Å². The van der Waals surface area contributed by atoms with Crippen LogP contribution in [0, 0.1) is 24.0 Å². The molecule has 0 saturated carbocycles. The normalized spacial score (nSPS) is 14.8. The van der Waals surface area contributed by atoms with Gasteiger partial charge in [0.1, 0.15) is 28.5 Å². The highest BCUT2D eigenvalue weighted by molar-refractivity contribution is 7.89. The molecule has 3 rings (SSSR count). The summed E-state index contributed by atoms with van der Waals surface area (Å²) in [6, 6.07) is 2.05. The number of hydrogen-bond donors (Lipinski definition) is 0. The van der Waals surface area contributed by atoms with E-state index in [4.69, 9.17) is 4.42 Å². The van der Waals surface area contributed by atoms with Crippen molar-refractivity contribution in [1.29, 1.82) is 0 Å². The van der Waals surface area contributed by atoms with Gasteiger partial charge in [0.05, 0.1) is 18.2 Å². The van der Waals surface area contributed by atoms with E-state index in [1.807, 2.05) is 0 Å². The highest BCUT2D eigenvalue weighted by atomic mass is 32.2. The van der Waals surface area contributed by atoms with Gasteiger partial charge in [-0.2, -0.15) is 4.31 Å². The molecule has 1 amide bonds. The third-order valence-corrected chi connectivity index (χ3v) is 7.32. The summed E-state index contributed by atoms with van der Waals surface area (Å²) in [6.07, 6.45) is 0.985. The van der Waals surface area contributed by atoms with Gasteiger partial charge >= 0.3 is 5.97 Å². The number of piperazine rings is 1. The van der Waals surface area contributed by atoms with Gasteiger partial charge in [-0.15, -0.1) is 0 Å². The summed E-state index contributed by atoms with van der Waals surface area (Å²) in [5.74, 6) is -1.15. The molecule has 0 atom stereocenters. The molecule has 0 N–H and O–H groups in total. The molecule has 0 aliphatic carbocycles. The van der Waals surface area contributed by atoms with Crippen LogP contribution < -0.4 is 5.56 Å². The molecule has 33 heavy (non-hydrogen) atoms. The van der Waals surface area contributed by atoms with Crippen molar-refractivity contribution in [2.45, 2.75) is 25.3 Å². The molecule has 13 nitrogen and oxygen atoms in total. The number of nitro groups is 1. The second kappa shape index (κ2) is 9.15. The lowest BCUT2D eigenvalue weighted by Gasteiger charge is -2.34. The summed E-state index contributed by atoms with van der Waals surface area (Å²) in [5, 5.41) is 10.9. The first-order chi connectivity index (χ1) is 15.5. The van der Waals surface area contributed by atoms with Crippen molar-refractivity contribution in [1.82, 2.24) is 13.8 Å². The molecule has 2 aromatic rings. The molecule has 0 spiro atoms. The molecule has 1 aliphatic heterocycles. The van der Waals surface area contributed by atoms with E-state index in [1.165, 1.54) is 18.7 Å². The number of nitrogens with zero attached hydrogens (tertiary/aromatic N) is 4. The number of amides is 1. The molecule has 1 saturated heterocycles. The standard InChI is InChI=1S/C19H22N4O9S/c1-12-17(19(26)31-3)18(13(2)32-12)33(29,30)22-8-6-20(7-9-22)16(25)11-21-10-14(23(27)28)4-5-15(21)24/h4-5,10H,6-9,11H2,1-3H3. The van der Waals surface area contributed by atoms with Gasteiger partial charge in [0.25, 0.3) is 11.2 Å². The Morgan fingerprint density at radius 2 is 1.79 bits per heavy atom. The monoisotopic (exact) mass is 482 g/mol. The molecule has 1 aliphatic rings. The number of ether oxygens (including phenoxy) is 1. The summed E-state index contributed by atoms with van der Waals surface area (Å²) in [4.78, 5) is 48.0. The fraction of sp³-hybridized carbons (Fsp3) is 0.421. The highest BCUT2D eigenvalue weighted by Gasteiger charge is 2.37. The van der Waals surface area contributed by atoms with Crippen LogP contribution in [0.3, 0.4) is 0 Å². The number of hydrogen-bond acceptors (Lipinski definition) is 9. The third kappa shape index (κ3) is 4.66. The van der Waals surface area contributed by atoms with E-state index in [-0.39, 0.29) is 53.8 Å². The molecular formula is C19H22N4O9S. The van der Waals surface area contributed by atoms with Crippen molar-refractivity contribution in [2.24, 2.45) is 0 Å². The SMILES string of the molecule is COC(=O)c1c(C)oc(C)c1S(=O)(=O)N1CCN(C(=O)Cn2cc([N+](=O)[O-])ccc2=O)CC1. The Balaban J connectivity index is 1.75. The Kier molecular flexibility index (Phi) is 6.69. The minimum absolute atomic E-state index is 0.0329. The van der Waals surface area contributed by atoms with Crippen LogP contribution >= 0.6 is 0 Å². The quantitative estimate of drug-likeness (QED) is 0.320. The smallest absolute Gasteiger partial charge is 0.342 e. The van der Waals surface area contributed by atoms with E-state index in [0.717, 1.165) is 34.3 Å². The first kappa shape index (κ1) is 24.1. The summed E-state index contributed by atoms with van der Waals surface area (Å²) >= 11 is 0. The summed E-state index contributed by atoms with van der Waals surface area (Å²) in [7, 11) is -2.98. The van der Waals surface area contributed by atoms with Crippen molar-refractivity contribution in [3.05, 3.63) is 55.9 Å². The van der Waals surface area contributed by atoms with E-state index in [0.29, 0.717) is 0 Å². The maximum Gasteiger partial charge on any atom is 0.342 e. The minimum Gasteiger partial charge on any atom is -0.465 e. The van der Waals surface area contributed by atoms with Crippen LogP contribution in [0.1, 0.15) is 21.9 Å². The average Bonchev–Trinajstić information content (AvgIpc) is 3.08. The first-order valence-corrected chi connectivity index (χ1v) is 11.2. The van der Waals surface area contributed by atoms with Crippen molar-refractivity contribution >= 4 is 27.6 Å². The first-order valence-electron chi connectivity index (χ1n) is 9.78. The summed E-state index contributed by atoms with van der Waals surface area (Å²) in [5.41, 5.74) is -1.07. The molecule has 0 bridgehead atoms. The molecule has 14 heteroatoms. The Bertz CT molecular complexity index is 1270. The predicted molar refractivity (Wildman–Crippen MR) is 112 cm³/mol. The van der Waals surface area contributed by atoms with Crippen molar-refractivity contribution in [3.8, 4) is 0 Å². The third-order valence-electron chi connectivity index (χ3n) is 5.27. The number of rotatable bonds is 6. The summed E-state index contributed by atoms with van der Waals surface area (Å²) in [6.45, 7) is 2.44. The molecule has 0 aromatic carbocycles. The van der Waals surface area contributed by atoms with Crippen LogP contribution in [0.2, 0.25) is 0 Å². The molecule has 0 radical (unpaired) electrons. The zero-order valence-electron chi connectivity index (χ0n) is 18.1. The fourth-order valence-electron chi connectivity index (χ4n) is 3.61. The Morgan fingerprint density at radius 1 is 1.15 bits per heavy atom. The van der Waals surface area contributed by atoms with Gasteiger partial charge in [0, 0.05) is 38.3 Å². The zero-order valence-corrected chi connectivity index (χ0v) is 19.0. The molecule has 3 heterocycles. The fourth-order valence-corrected chi connectivity index (χ4v) is 5.41. The van der Waals surface area contributed by atoms with E-state index in [9.17, 15) is 32.9 Å². The molecule has 2 aromatic heterocycles. The molecule has 0 unspecified atom stereocenters. The number of methoxy groups -OCH3 is 1. The maximum atomic E-state index is 13.2. The maximum absolute atomic E-state index is 13.2. The number of aromatic nitrogens is 1. The second-order valence-electron chi connectivity index (χ2n) is 7.31. The number of furan rings is 1. The number of carbonyl (C=O) groups excluding carboxylic acids is 2. The predicted octanol–water partition coefficient (Wildman–Crippen LogP) is 0.286. The van der Waals surface area contributed by atoms with Gasteiger partial charge in [-0.05, 0) is 13.8 Å². The minimum atomic E-state index is -4.12. The van der Waals surface area contributed by atoms with E-state index < -0.39 is 38.9 Å². The summed E-state index contributed by atoms with van der Waals surface area (Å²) < 4.78 is 38.6. The van der Waals surface area contributed by atoms with Gasteiger partial charge in [-0.25, -0.2) is 13.2 Å². The van der Waals surface area contributed by atoms with Gasteiger partial charge in [-0.1, -0.05) is 0 Å². The van der Waals surface area contributed by atoms with Gasteiger partial charge in [0.15, 0.2) is 0 Å². The van der Waals surface area contributed by atoms with Crippen molar-refractivity contribution in [2.75, 3.05) is 33.3 Å². The lowest BCUT2D eigenvalue weighted by molar-refractivity contribution is -0.385. The van der Waals surface area contributed by atoms with Crippen LogP contribution in [0.5, 0.6) is 0 Å². The van der Waals surface area contributed by atoms with Crippen molar-refractivity contribution < 1.29 is 32.1 Å². The molecule has 178 valence electrons. The molecular weight excluding hydrogens is 460 g/mol. The number of aryl methyl sites for hydroxylation is 2. The number of sulfonamides is 1. The molecule has 1 fully saturated rings. The zero-order chi connectivity index (χ0) is 24.5. The number of esters is 1. The van der Waals surface area contributed by atoms with E-state index in [1.54, 1.807) is 0 Å². The van der Waals surface area contributed by atoms with Crippen LogP contribution in [0.4, 0.5) is 5.69 Å².